The number of nitrogens with one attached hydrogen (secondary N) is 1. The van der Waals surface area contributed by atoms with Gasteiger partial charge in [0.15, 0.2) is 0 Å². The van der Waals surface area contributed by atoms with Gasteiger partial charge in [0.2, 0.25) is 5.91 Å². The fourth-order valence-electron chi connectivity index (χ4n) is 3.14. The van der Waals surface area contributed by atoms with Crippen LogP contribution in [-0.4, -0.2) is 24.1 Å². The molecule has 1 N–H and O–H groups in total. The van der Waals surface area contributed by atoms with Crippen molar-refractivity contribution in [1.82, 2.24) is 9.88 Å². The molecule has 0 saturated heterocycles. The van der Waals surface area contributed by atoms with Gasteiger partial charge in [0.1, 0.15) is 11.6 Å². The van der Waals surface area contributed by atoms with Gasteiger partial charge in [-0.1, -0.05) is 15.9 Å². The number of amides is 1. The van der Waals surface area contributed by atoms with Gasteiger partial charge in [-0.15, -0.1) is 0 Å². The van der Waals surface area contributed by atoms with Crippen LogP contribution < -0.4 is 10.1 Å². The van der Waals surface area contributed by atoms with Crippen molar-refractivity contribution in [3.8, 4) is 5.75 Å². The number of hydrogen-bond acceptors (Lipinski definition) is 2. The van der Waals surface area contributed by atoms with Crippen LogP contribution in [0.3, 0.4) is 0 Å². The normalized spacial score (nSPS) is 10.9. The van der Waals surface area contributed by atoms with E-state index in [1.54, 1.807) is 13.2 Å². The molecule has 0 radical (unpaired) electrons. The van der Waals surface area contributed by atoms with Gasteiger partial charge >= 0.3 is 0 Å². The van der Waals surface area contributed by atoms with Gasteiger partial charge < -0.3 is 14.6 Å². The van der Waals surface area contributed by atoms with Crippen molar-refractivity contribution in [1.29, 1.82) is 0 Å². The SMILES string of the molecule is COc1ccc(F)cc1CCNC(=O)CCCn1ccc2cc(Br)ccc21. The summed E-state index contributed by atoms with van der Waals surface area (Å²) in [4.78, 5) is 12.1. The van der Waals surface area contributed by atoms with Crippen LogP contribution in [0.15, 0.2) is 53.1 Å². The first-order chi connectivity index (χ1) is 13.1. The Labute approximate surface area is 166 Å². The Morgan fingerprint density at radius 2 is 2.07 bits per heavy atom. The molecule has 27 heavy (non-hydrogen) atoms. The zero-order valence-corrected chi connectivity index (χ0v) is 16.8. The van der Waals surface area contributed by atoms with E-state index in [1.807, 2.05) is 12.3 Å². The Bertz CT molecular complexity index is 939. The van der Waals surface area contributed by atoms with Crippen LogP contribution in [0.4, 0.5) is 4.39 Å². The molecule has 0 saturated carbocycles. The van der Waals surface area contributed by atoms with Crippen molar-refractivity contribution in [3.05, 3.63) is 64.5 Å². The Morgan fingerprint density at radius 1 is 1.22 bits per heavy atom. The zero-order chi connectivity index (χ0) is 19.2. The highest BCUT2D eigenvalue weighted by atomic mass is 79.9. The Kier molecular flexibility index (Phi) is 6.50. The van der Waals surface area contributed by atoms with Crippen LogP contribution >= 0.6 is 15.9 Å². The average Bonchev–Trinajstić information content (AvgIpc) is 3.04. The fraction of sp³-hybridized carbons (Fsp3) is 0.286. The molecule has 0 atom stereocenters. The molecule has 0 aliphatic heterocycles. The van der Waals surface area contributed by atoms with E-state index in [2.05, 4.69) is 44.0 Å². The van der Waals surface area contributed by atoms with Gasteiger partial charge in [0.05, 0.1) is 7.11 Å². The molecule has 1 heterocycles. The number of halogens is 2. The largest absolute Gasteiger partial charge is 0.496 e. The molecule has 1 amide bonds. The maximum absolute atomic E-state index is 13.4. The molecule has 6 heteroatoms. The number of hydrogen-bond donors (Lipinski definition) is 1. The smallest absolute Gasteiger partial charge is 0.220 e. The third-order valence-electron chi connectivity index (χ3n) is 4.49. The summed E-state index contributed by atoms with van der Waals surface area (Å²) in [6.45, 7) is 1.25. The summed E-state index contributed by atoms with van der Waals surface area (Å²) in [5.74, 6) is 0.337. The Hall–Kier alpha value is -2.34. The Balaban J connectivity index is 1.44. The minimum absolute atomic E-state index is 0.00424. The highest BCUT2D eigenvalue weighted by Gasteiger charge is 2.07. The second kappa shape index (κ2) is 9.04. The van der Waals surface area contributed by atoms with Crippen molar-refractivity contribution in [2.75, 3.05) is 13.7 Å². The first-order valence-electron chi connectivity index (χ1n) is 8.90. The zero-order valence-electron chi connectivity index (χ0n) is 15.2. The maximum atomic E-state index is 13.4. The summed E-state index contributed by atoms with van der Waals surface area (Å²) in [5.41, 5.74) is 1.92. The first kappa shape index (κ1) is 19.4. The van der Waals surface area contributed by atoms with Gasteiger partial charge in [-0.25, -0.2) is 4.39 Å². The summed E-state index contributed by atoms with van der Waals surface area (Å²) in [6, 6.07) is 12.7. The highest BCUT2D eigenvalue weighted by molar-refractivity contribution is 9.10. The topological polar surface area (TPSA) is 43.3 Å². The molecule has 142 valence electrons. The number of nitrogens with zero attached hydrogens (tertiary/aromatic N) is 1. The monoisotopic (exact) mass is 432 g/mol. The van der Waals surface area contributed by atoms with Gasteiger partial charge in [-0.05, 0) is 60.9 Å². The van der Waals surface area contributed by atoms with E-state index in [-0.39, 0.29) is 11.7 Å². The third-order valence-corrected chi connectivity index (χ3v) is 4.99. The number of fused-ring (bicyclic) bond motifs is 1. The molecule has 0 bridgehead atoms. The summed E-state index contributed by atoms with van der Waals surface area (Å²) >= 11 is 3.48. The van der Waals surface area contributed by atoms with Crippen LogP contribution in [-0.2, 0) is 17.8 Å². The number of methoxy groups -OCH3 is 1. The molecule has 2 aromatic carbocycles. The van der Waals surface area contributed by atoms with Gasteiger partial charge in [-0.2, -0.15) is 0 Å². The molecule has 3 aromatic rings. The van der Waals surface area contributed by atoms with Crippen molar-refractivity contribution in [2.24, 2.45) is 0 Å². The summed E-state index contributed by atoms with van der Waals surface area (Å²) in [7, 11) is 1.55. The number of aryl methyl sites for hydroxylation is 1. The van der Waals surface area contributed by atoms with Gasteiger partial charge in [-0.3, -0.25) is 4.79 Å². The van der Waals surface area contributed by atoms with E-state index >= 15 is 0 Å². The summed E-state index contributed by atoms with van der Waals surface area (Å²) < 4.78 is 21.8. The molecule has 0 aliphatic rings. The lowest BCUT2D eigenvalue weighted by Crippen LogP contribution is -2.25. The summed E-state index contributed by atoms with van der Waals surface area (Å²) in [6.07, 6.45) is 3.79. The van der Waals surface area contributed by atoms with Crippen LogP contribution in [0.1, 0.15) is 18.4 Å². The molecule has 1 aromatic heterocycles. The van der Waals surface area contributed by atoms with Crippen LogP contribution in [0.25, 0.3) is 10.9 Å². The van der Waals surface area contributed by atoms with E-state index in [0.717, 1.165) is 28.5 Å². The van der Waals surface area contributed by atoms with E-state index in [4.69, 9.17) is 4.74 Å². The Morgan fingerprint density at radius 3 is 2.89 bits per heavy atom. The first-order valence-corrected chi connectivity index (χ1v) is 9.69. The second-order valence-corrected chi connectivity index (χ2v) is 7.29. The fourth-order valence-corrected chi connectivity index (χ4v) is 3.52. The molecule has 0 aliphatic carbocycles. The van der Waals surface area contributed by atoms with Crippen LogP contribution in [0.5, 0.6) is 5.75 Å². The van der Waals surface area contributed by atoms with Crippen molar-refractivity contribution < 1.29 is 13.9 Å². The van der Waals surface area contributed by atoms with Gasteiger partial charge in [0.25, 0.3) is 0 Å². The molecule has 3 rings (SSSR count). The van der Waals surface area contributed by atoms with Crippen molar-refractivity contribution in [3.63, 3.8) is 0 Å². The number of aromatic nitrogens is 1. The molecular formula is C21H22BrFN2O2. The van der Waals surface area contributed by atoms with E-state index < -0.39 is 0 Å². The van der Waals surface area contributed by atoms with E-state index in [0.29, 0.717) is 25.1 Å². The summed E-state index contributed by atoms with van der Waals surface area (Å²) in [5, 5.41) is 4.07. The van der Waals surface area contributed by atoms with Crippen molar-refractivity contribution >= 4 is 32.7 Å². The quantitative estimate of drug-likeness (QED) is 0.560. The standard InChI is InChI=1S/C21H22BrFN2O2/c1-27-20-7-5-18(23)14-16(20)8-10-24-21(26)3-2-11-25-12-9-15-13-17(22)4-6-19(15)25/h4-7,9,12-14H,2-3,8,10-11H2,1H3,(H,24,26). The third kappa shape index (κ3) is 5.10. The molecule has 4 nitrogen and oxygen atoms in total. The molecule has 0 spiro atoms. The lowest BCUT2D eigenvalue weighted by molar-refractivity contribution is -0.121. The lowest BCUT2D eigenvalue weighted by atomic mass is 10.1. The van der Waals surface area contributed by atoms with E-state index in [1.165, 1.54) is 17.5 Å². The van der Waals surface area contributed by atoms with Crippen LogP contribution in [0.2, 0.25) is 0 Å². The second-order valence-electron chi connectivity index (χ2n) is 6.37. The molecular weight excluding hydrogens is 411 g/mol. The van der Waals surface area contributed by atoms with E-state index in [9.17, 15) is 9.18 Å². The molecule has 0 unspecified atom stereocenters. The highest BCUT2D eigenvalue weighted by Crippen LogP contribution is 2.21. The number of rotatable bonds is 8. The number of carbonyl (C=O) groups is 1. The number of ether oxygens (including phenoxy) is 1. The number of carbonyl (C=O) groups excluding carboxylic acids is 1. The lowest BCUT2D eigenvalue weighted by Gasteiger charge is -2.10. The van der Waals surface area contributed by atoms with Crippen molar-refractivity contribution in [2.45, 2.75) is 25.8 Å². The van der Waals surface area contributed by atoms with Gasteiger partial charge in [0, 0.05) is 41.1 Å². The average molecular weight is 433 g/mol. The van der Waals surface area contributed by atoms with Crippen LogP contribution in [0, 0.1) is 5.82 Å². The maximum Gasteiger partial charge on any atom is 0.220 e. The predicted molar refractivity (Wildman–Crippen MR) is 109 cm³/mol. The minimum Gasteiger partial charge on any atom is -0.496 e. The number of benzene rings is 2. The molecule has 0 fully saturated rings. The minimum atomic E-state index is -0.303. The predicted octanol–water partition coefficient (Wildman–Crippen LogP) is 4.69.